The number of aliphatic hydroxyl groups is 1. The van der Waals surface area contributed by atoms with Gasteiger partial charge >= 0.3 is 6.03 Å². The Hall–Kier alpha value is -2.24. The van der Waals surface area contributed by atoms with Crippen molar-refractivity contribution in [2.24, 2.45) is 0 Å². The highest BCUT2D eigenvalue weighted by atomic mass is 35.5. The lowest BCUT2D eigenvalue weighted by Gasteiger charge is -2.21. The van der Waals surface area contributed by atoms with Gasteiger partial charge < -0.3 is 20.5 Å². The fourth-order valence-corrected chi connectivity index (χ4v) is 2.20. The topological polar surface area (TPSA) is 70.6 Å². The Kier molecular flexibility index (Phi) is 5.84. The van der Waals surface area contributed by atoms with E-state index in [4.69, 9.17) is 16.3 Å². The van der Waals surface area contributed by atoms with Crippen molar-refractivity contribution in [1.82, 2.24) is 5.32 Å². The first-order valence-electron chi connectivity index (χ1n) is 7.14. The number of halogens is 1. The van der Waals surface area contributed by atoms with Gasteiger partial charge in [-0.15, -0.1) is 0 Å². The number of ether oxygens (including phenoxy) is 1. The third kappa shape index (κ3) is 4.87. The molecular weight excluding hydrogens is 316 g/mol. The SMILES string of the molecule is COc1ccc(C(O)C(C)NC(=O)Nc2ccc(Cl)cc2)cc1. The molecule has 23 heavy (non-hydrogen) atoms. The molecule has 0 aliphatic carbocycles. The second kappa shape index (κ2) is 7.85. The van der Waals surface area contributed by atoms with Crippen molar-refractivity contribution in [3.63, 3.8) is 0 Å². The summed E-state index contributed by atoms with van der Waals surface area (Å²) in [7, 11) is 1.58. The minimum Gasteiger partial charge on any atom is -0.497 e. The van der Waals surface area contributed by atoms with Crippen LogP contribution in [0.5, 0.6) is 5.75 Å². The highest BCUT2D eigenvalue weighted by Gasteiger charge is 2.18. The smallest absolute Gasteiger partial charge is 0.319 e. The third-order valence-corrected chi connectivity index (χ3v) is 3.64. The molecule has 0 fully saturated rings. The van der Waals surface area contributed by atoms with E-state index in [9.17, 15) is 9.90 Å². The lowest BCUT2D eigenvalue weighted by molar-refractivity contribution is 0.139. The lowest BCUT2D eigenvalue weighted by Crippen LogP contribution is -2.39. The van der Waals surface area contributed by atoms with E-state index in [-0.39, 0.29) is 0 Å². The van der Waals surface area contributed by atoms with Gasteiger partial charge in [0.2, 0.25) is 0 Å². The normalized spacial score (nSPS) is 13.0. The first-order valence-corrected chi connectivity index (χ1v) is 7.52. The van der Waals surface area contributed by atoms with Crippen LogP contribution in [-0.2, 0) is 0 Å². The van der Waals surface area contributed by atoms with Gasteiger partial charge in [0.05, 0.1) is 19.3 Å². The van der Waals surface area contributed by atoms with Crippen LogP contribution in [0.4, 0.5) is 10.5 Å². The number of benzene rings is 2. The summed E-state index contributed by atoms with van der Waals surface area (Å²) in [6.45, 7) is 1.73. The molecule has 0 saturated heterocycles. The number of amides is 2. The van der Waals surface area contributed by atoms with Crippen molar-refractivity contribution in [2.75, 3.05) is 12.4 Å². The highest BCUT2D eigenvalue weighted by molar-refractivity contribution is 6.30. The molecule has 2 rings (SSSR count). The van der Waals surface area contributed by atoms with Crippen LogP contribution in [0, 0.1) is 0 Å². The number of carbonyl (C=O) groups excluding carboxylic acids is 1. The molecular formula is C17H19ClN2O3. The largest absolute Gasteiger partial charge is 0.497 e. The Balaban J connectivity index is 1.92. The maximum absolute atomic E-state index is 12.0. The molecule has 2 aromatic rings. The Morgan fingerprint density at radius 2 is 1.74 bits per heavy atom. The quantitative estimate of drug-likeness (QED) is 0.782. The van der Waals surface area contributed by atoms with Gasteiger partial charge in [-0.25, -0.2) is 4.79 Å². The maximum Gasteiger partial charge on any atom is 0.319 e. The third-order valence-electron chi connectivity index (χ3n) is 3.39. The van der Waals surface area contributed by atoms with Crippen LogP contribution in [0.25, 0.3) is 0 Å². The first kappa shape index (κ1) is 17.1. The number of urea groups is 1. The second-order valence-electron chi connectivity index (χ2n) is 5.11. The molecule has 2 atom stereocenters. The molecule has 0 bridgehead atoms. The maximum atomic E-state index is 12.0. The molecule has 2 unspecified atom stereocenters. The lowest BCUT2D eigenvalue weighted by atomic mass is 10.0. The minimum absolute atomic E-state index is 0.396. The molecule has 2 amide bonds. The van der Waals surface area contributed by atoms with Gasteiger partial charge in [-0.1, -0.05) is 23.7 Å². The van der Waals surface area contributed by atoms with Crippen LogP contribution >= 0.6 is 11.6 Å². The monoisotopic (exact) mass is 334 g/mol. The van der Waals surface area contributed by atoms with Crippen molar-refractivity contribution < 1.29 is 14.6 Å². The summed E-state index contributed by atoms with van der Waals surface area (Å²) in [6, 6.07) is 13.0. The van der Waals surface area contributed by atoms with E-state index in [1.54, 1.807) is 62.6 Å². The second-order valence-corrected chi connectivity index (χ2v) is 5.55. The van der Waals surface area contributed by atoms with Gasteiger partial charge in [-0.2, -0.15) is 0 Å². The van der Waals surface area contributed by atoms with Crippen LogP contribution < -0.4 is 15.4 Å². The number of carbonyl (C=O) groups is 1. The van der Waals surface area contributed by atoms with E-state index in [0.29, 0.717) is 22.0 Å². The van der Waals surface area contributed by atoms with Crippen molar-refractivity contribution in [1.29, 1.82) is 0 Å². The van der Waals surface area contributed by atoms with Gasteiger partial charge in [-0.05, 0) is 48.9 Å². The first-order chi connectivity index (χ1) is 11.0. The Bertz CT molecular complexity index is 644. The average molecular weight is 335 g/mol. The number of nitrogens with one attached hydrogen (secondary N) is 2. The van der Waals surface area contributed by atoms with Gasteiger partial charge in [0.15, 0.2) is 0 Å². The molecule has 0 aliphatic heterocycles. The van der Waals surface area contributed by atoms with E-state index in [1.165, 1.54) is 0 Å². The molecule has 0 aromatic heterocycles. The Labute approximate surface area is 140 Å². The van der Waals surface area contributed by atoms with Crippen LogP contribution in [0.3, 0.4) is 0 Å². The van der Waals surface area contributed by atoms with Crippen molar-refractivity contribution in [2.45, 2.75) is 19.1 Å². The molecule has 3 N–H and O–H groups in total. The summed E-state index contributed by atoms with van der Waals surface area (Å²) in [5, 5.41) is 16.3. The average Bonchev–Trinajstić information content (AvgIpc) is 2.56. The van der Waals surface area contributed by atoms with Gasteiger partial charge in [0, 0.05) is 10.7 Å². The number of rotatable bonds is 5. The van der Waals surface area contributed by atoms with Crippen LogP contribution in [-0.4, -0.2) is 24.3 Å². The fraction of sp³-hybridized carbons (Fsp3) is 0.235. The number of hydrogen-bond acceptors (Lipinski definition) is 3. The van der Waals surface area contributed by atoms with Gasteiger partial charge in [0.1, 0.15) is 5.75 Å². The van der Waals surface area contributed by atoms with Crippen molar-refractivity contribution in [3.05, 3.63) is 59.1 Å². The highest BCUT2D eigenvalue weighted by Crippen LogP contribution is 2.20. The molecule has 0 spiro atoms. The number of methoxy groups -OCH3 is 1. The zero-order valence-electron chi connectivity index (χ0n) is 12.9. The fourth-order valence-electron chi connectivity index (χ4n) is 2.08. The van der Waals surface area contributed by atoms with E-state index in [2.05, 4.69) is 10.6 Å². The number of anilines is 1. The zero-order valence-corrected chi connectivity index (χ0v) is 13.7. The molecule has 0 saturated carbocycles. The summed E-state index contributed by atoms with van der Waals surface area (Å²) in [5.74, 6) is 0.710. The molecule has 2 aromatic carbocycles. The van der Waals surface area contributed by atoms with Crippen LogP contribution in [0.2, 0.25) is 5.02 Å². The number of hydrogen-bond donors (Lipinski definition) is 3. The molecule has 0 radical (unpaired) electrons. The predicted molar refractivity (Wildman–Crippen MR) is 91.0 cm³/mol. The van der Waals surface area contributed by atoms with Crippen LogP contribution in [0.1, 0.15) is 18.6 Å². The molecule has 0 aliphatic rings. The molecule has 6 heteroatoms. The predicted octanol–water partition coefficient (Wildman–Crippen LogP) is 3.59. The number of aliphatic hydroxyl groups excluding tert-OH is 1. The minimum atomic E-state index is -0.822. The van der Waals surface area contributed by atoms with Gasteiger partial charge in [0.25, 0.3) is 0 Å². The van der Waals surface area contributed by atoms with Crippen molar-refractivity contribution in [3.8, 4) is 5.75 Å². The summed E-state index contributed by atoms with van der Waals surface area (Å²) < 4.78 is 5.08. The summed E-state index contributed by atoms with van der Waals surface area (Å²) >= 11 is 5.79. The van der Waals surface area contributed by atoms with Gasteiger partial charge in [-0.3, -0.25) is 0 Å². The Morgan fingerprint density at radius 3 is 2.30 bits per heavy atom. The summed E-state index contributed by atoms with van der Waals surface area (Å²) in [4.78, 5) is 12.0. The molecule has 122 valence electrons. The van der Waals surface area contributed by atoms with Crippen molar-refractivity contribution >= 4 is 23.3 Å². The standard InChI is InChI=1S/C17H19ClN2O3/c1-11(16(21)12-3-9-15(23-2)10-4-12)19-17(22)20-14-7-5-13(18)6-8-14/h3-11,16,21H,1-2H3,(H2,19,20,22). The van der Waals surface area contributed by atoms with E-state index in [0.717, 1.165) is 0 Å². The molecule has 5 nitrogen and oxygen atoms in total. The van der Waals surface area contributed by atoms with E-state index in [1.807, 2.05) is 0 Å². The summed E-state index contributed by atoms with van der Waals surface area (Å²) in [6.07, 6.45) is -0.822. The zero-order chi connectivity index (χ0) is 16.8. The summed E-state index contributed by atoms with van der Waals surface area (Å²) in [5.41, 5.74) is 1.32. The van der Waals surface area contributed by atoms with E-state index < -0.39 is 18.2 Å². The van der Waals surface area contributed by atoms with E-state index >= 15 is 0 Å². The molecule has 0 heterocycles. The van der Waals surface area contributed by atoms with Crippen LogP contribution in [0.15, 0.2) is 48.5 Å². The Morgan fingerprint density at radius 1 is 1.13 bits per heavy atom.